The number of amides is 2. The predicted molar refractivity (Wildman–Crippen MR) is 96.9 cm³/mol. The van der Waals surface area contributed by atoms with Crippen molar-refractivity contribution in [3.8, 4) is 0 Å². The van der Waals surface area contributed by atoms with E-state index in [-0.39, 0.29) is 12.1 Å². The van der Waals surface area contributed by atoms with Crippen LogP contribution < -0.4 is 5.32 Å². The third-order valence-corrected chi connectivity index (χ3v) is 6.00. The van der Waals surface area contributed by atoms with E-state index in [1.807, 2.05) is 21.8 Å². The average molecular weight is 352 g/mol. The molecule has 2 aromatic rings. The van der Waals surface area contributed by atoms with Crippen LogP contribution in [0.1, 0.15) is 23.5 Å². The first kappa shape index (κ1) is 15.9. The highest BCUT2D eigenvalue weighted by atomic mass is 16.5. The maximum atomic E-state index is 12.8. The van der Waals surface area contributed by atoms with Crippen molar-refractivity contribution in [3.05, 3.63) is 53.9 Å². The number of rotatable bonds is 3. The number of hydrogen-bond acceptors (Lipinski definition) is 3. The van der Waals surface area contributed by atoms with Crippen LogP contribution >= 0.6 is 0 Å². The van der Waals surface area contributed by atoms with Gasteiger partial charge in [-0.1, -0.05) is 24.3 Å². The fourth-order valence-electron chi connectivity index (χ4n) is 4.63. The van der Waals surface area contributed by atoms with Crippen molar-refractivity contribution in [2.75, 3.05) is 19.7 Å². The zero-order chi connectivity index (χ0) is 17.5. The molecule has 4 unspecified atom stereocenters. The minimum absolute atomic E-state index is 0.00314. The Kier molecular flexibility index (Phi) is 3.93. The number of aryl methyl sites for hydroxylation is 1. The molecule has 1 N–H and O–H groups in total. The molecule has 0 spiro atoms. The lowest BCUT2D eigenvalue weighted by Gasteiger charge is -2.33. The molecule has 2 heterocycles. The summed E-state index contributed by atoms with van der Waals surface area (Å²) in [7, 11) is 0. The van der Waals surface area contributed by atoms with Crippen LogP contribution in [0.2, 0.25) is 0 Å². The van der Waals surface area contributed by atoms with Crippen LogP contribution in [0.15, 0.2) is 42.7 Å². The summed E-state index contributed by atoms with van der Waals surface area (Å²) in [6, 6.07) is 10.9. The van der Waals surface area contributed by atoms with Gasteiger partial charge in [0.25, 0.3) is 0 Å². The predicted octanol–water partition coefficient (Wildman–Crippen LogP) is 2.02. The van der Waals surface area contributed by atoms with Gasteiger partial charge in [-0.15, -0.1) is 0 Å². The second-order valence-electron chi connectivity index (χ2n) is 7.57. The summed E-state index contributed by atoms with van der Waals surface area (Å²) in [6.45, 7) is 2.53. The molecule has 3 aliphatic rings. The number of urea groups is 1. The van der Waals surface area contributed by atoms with Crippen molar-refractivity contribution in [2.24, 2.45) is 5.92 Å². The van der Waals surface area contributed by atoms with Crippen molar-refractivity contribution in [3.63, 3.8) is 0 Å². The lowest BCUT2D eigenvalue weighted by atomic mass is 9.92. The molecule has 1 aliphatic heterocycles. The minimum Gasteiger partial charge on any atom is -0.373 e. The highest BCUT2D eigenvalue weighted by Gasteiger charge is 2.54. The largest absolute Gasteiger partial charge is 0.373 e. The third kappa shape index (κ3) is 2.88. The summed E-state index contributed by atoms with van der Waals surface area (Å²) in [6.07, 6.45) is 6.00. The van der Waals surface area contributed by atoms with Gasteiger partial charge in [0.1, 0.15) is 0 Å². The molecule has 2 fully saturated rings. The number of ether oxygens (including phenoxy) is 1. The van der Waals surface area contributed by atoms with Gasteiger partial charge in [-0.05, 0) is 36.0 Å². The third-order valence-electron chi connectivity index (χ3n) is 6.00. The Labute approximate surface area is 153 Å². The van der Waals surface area contributed by atoms with Crippen LogP contribution in [0.5, 0.6) is 0 Å². The van der Waals surface area contributed by atoms with Crippen molar-refractivity contribution < 1.29 is 9.53 Å². The normalized spacial score (nSPS) is 29.6. The Morgan fingerprint density at radius 1 is 1.31 bits per heavy atom. The van der Waals surface area contributed by atoms with Crippen molar-refractivity contribution in [1.29, 1.82) is 0 Å². The summed E-state index contributed by atoms with van der Waals surface area (Å²) in [5.74, 6) is 1.11. The number of carbonyl (C=O) groups is 1. The van der Waals surface area contributed by atoms with Crippen LogP contribution in [-0.2, 0) is 17.7 Å². The topological polar surface area (TPSA) is 59.4 Å². The molecule has 26 heavy (non-hydrogen) atoms. The van der Waals surface area contributed by atoms with E-state index in [0.29, 0.717) is 44.1 Å². The first-order valence-electron chi connectivity index (χ1n) is 9.52. The van der Waals surface area contributed by atoms with Gasteiger partial charge >= 0.3 is 6.03 Å². The number of benzene rings is 1. The van der Waals surface area contributed by atoms with Gasteiger partial charge in [-0.25, -0.2) is 4.79 Å². The monoisotopic (exact) mass is 352 g/mol. The Hall–Kier alpha value is -2.34. The summed E-state index contributed by atoms with van der Waals surface area (Å²) in [5.41, 5.74) is 2.89. The van der Waals surface area contributed by atoms with Crippen LogP contribution in [-0.4, -0.2) is 52.6 Å². The summed E-state index contributed by atoms with van der Waals surface area (Å²) in [4.78, 5) is 14.7. The van der Waals surface area contributed by atoms with Gasteiger partial charge < -0.3 is 15.0 Å². The minimum atomic E-state index is -0.00314. The molecule has 5 rings (SSSR count). The number of hydrogen-bond donors (Lipinski definition) is 1. The van der Waals surface area contributed by atoms with Crippen LogP contribution in [0, 0.1) is 5.92 Å². The quantitative estimate of drug-likeness (QED) is 0.919. The molecule has 0 bridgehead atoms. The van der Waals surface area contributed by atoms with Crippen LogP contribution in [0.3, 0.4) is 0 Å². The fraction of sp³-hybridized carbons (Fsp3) is 0.500. The summed E-state index contributed by atoms with van der Waals surface area (Å²) in [5, 5.41) is 7.52. The Morgan fingerprint density at radius 3 is 3.12 bits per heavy atom. The number of aromatic nitrogens is 2. The van der Waals surface area contributed by atoms with E-state index in [1.165, 1.54) is 17.5 Å². The molecule has 0 radical (unpaired) electrons. The number of nitrogens with one attached hydrogen (secondary N) is 1. The highest BCUT2D eigenvalue weighted by Crippen LogP contribution is 2.54. The maximum Gasteiger partial charge on any atom is 0.317 e. The van der Waals surface area contributed by atoms with E-state index in [0.717, 1.165) is 6.42 Å². The van der Waals surface area contributed by atoms with E-state index in [9.17, 15) is 4.79 Å². The second-order valence-corrected chi connectivity index (χ2v) is 7.57. The first-order valence-corrected chi connectivity index (χ1v) is 9.52. The van der Waals surface area contributed by atoms with E-state index in [1.54, 1.807) is 6.20 Å². The Bertz CT molecular complexity index is 791. The van der Waals surface area contributed by atoms with E-state index in [4.69, 9.17) is 4.74 Å². The molecule has 2 aliphatic carbocycles. The van der Waals surface area contributed by atoms with Gasteiger partial charge in [0.05, 0.1) is 25.8 Å². The SMILES string of the molecule is O=C(NC1C2CCc3ccccc3C21)N1CCOC(Cn2cccn2)C1. The van der Waals surface area contributed by atoms with Crippen molar-refractivity contribution in [1.82, 2.24) is 20.0 Å². The average Bonchev–Trinajstić information content (AvgIpc) is 3.12. The Balaban J connectivity index is 1.20. The Morgan fingerprint density at radius 2 is 2.23 bits per heavy atom. The molecule has 2 amide bonds. The second kappa shape index (κ2) is 6.43. The molecule has 1 aromatic carbocycles. The molecular weight excluding hydrogens is 328 g/mol. The summed E-state index contributed by atoms with van der Waals surface area (Å²) < 4.78 is 7.67. The molecule has 6 heteroatoms. The number of nitrogens with zero attached hydrogens (tertiary/aromatic N) is 3. The molecule has 1 saturated heterocycles. The van der Waals surface area contributed by atoms with E-state index >= 15 is 0 Å². The number of fused-ring (bicyclic) bond motifs is 3. The molecular formula is C20H24N4O2. The van der Waals surface area contributed by atoms with E-state index in [2.05, 4.69) is 34.7 Å². The van der Waals surface area contributed by atoms with Gasteiger partial charge in [-0.2, -0.15) is 5.10 Å². The smallest absolute Gasteiger partial charge is 0.317 e. The van der Waals surface area contributed by atoms with Gasteiger partial charge in [-0.3, -0.25) is 4.68 Å². The molecule has 136 valence electrons. The summed E-state index contributed by atoms with van der Waals surface area (Å²) >= 11 is 0. The molecule has 1 aromatic heterocycles. The van der Waals surface area contributed by atoms with Crippen molar-refractivity contribution in [2.45, 2.75) is 37.5 Å². The fourth-order valence-corrected chi connectivity index (χ4v) is 4.63. The van der Waals surface area contributed by atoms with E-state index < -0.39 is 0 Å². The first-order chi connectivity index (χ1) is 12.8. The molecule has 1 saturated carbocycles. The van der Waals surface area contributed by atoms with Gasteiger partial charge in [0.15, 0.2) is 0 Å². The van der Waals surface area contributed by atoms with Gasteiger partial charge in [0, 0.05) is 30.9 Å². The number of morpholine rings is 1. The highest BCUT2D eigenvalue weighted by molar-refractivity contribution is 5.75. The number of carbonyl (C=O) groups excluding carboxylic acids is 1. The van der Waals surface area contributed by atoms with Crippen LogP contribution in [0.25, 0.3) is 0 Å². The van der Waals surface area contributed by atoms with Crippen LogP contribution in [0.4, 0.5) is 4.79 Å². The standard InChI is InChI=1S/C20H24N4O2/c25-20(23-10-11-26-15(12-23)13-24-9-3-8-21-24)22-19-17-7-6-14-4-1-2-5-16(14)18(17)19/h1-5,8-9,15,17-19H,6-7,10-13H2,(H,22,25). The van der Waals surface area contributed by atoms with Gasteiger partial charge in [0.2, 0.25) is 0 Å². The maximum absolute atomic E-state index is 12.8. The molecule has 4 atom stereocenters. The molecule has 6 nitrogen and oxygen atoms in total. The van der Waals surface area contributed by atoms with Crippen molar-refractivity contribution >= 4 is 6.03 Å². The lowest BCUT2D eigenvalue weighted by molar-refractivity contribution is -0.0238. The zero-order valence-corrected chi connectivity index (χ0v) is 14.8. The lowest BCUT2D eigenvalue weighted by Crippen LogP contribution is -2.51. The zero-order valence-electron chi connectivity index (χ0n) is 14.8.